The van der Waals surface area contributed by atoms with Crippen molar-refractivity contribution in [2.45, 2.75) is 12.5 Å². The van der Waals surface area contributed by atoms with Crippen molar-refractivity contribution in [1.29, 1.82) is 5.26 Å². The second-order valence-corrected chi connectivity index (χ2v) is 5.82. The lowest BCUT2D eigenvalue weighted by molar-refractivity contribution is -0.142. The number of nitrogens with zero attached hydrogens (tertiary/aromatic N) is 1. The Labute approximate surface area is 125 Å². The van der Waals surface area contributed by atoms with E-state index < -0.39 is 12.0 Å². The highest BCUT2D eigenvalue weighted by Crippen LogP contribution is 2.22. The molecule has 0 aliphatic rings. The molecule has 1 aromatic rings. The molecule has 1 unspecified atom stereocenters. The zero-order chi connectivity index (χ0) is 15.0. The van der Waals surface area contributed by atoms with Crippen LogP contribution in [-0.2, 0) is 14.3 Å². The van der Waals surface area contributed by atoms with Crippen molar-refractivity contribution in [1.82, 2.24) is 0 Å². The molecule has 1 heterocycles. The van der Waals surface area contributed by atoms with Crippen molar-refractivity contribution in [3.8, 4) is 6.07 Å². The molecular weight excluding hydrogens is 298 g/mol. The standard InChI is InChI=1S/C12H15N3O3S2/c1-18-12(17)9(14)3-4-19-7-10(16)15-11-8(6-13)2-5-20-11/h2,5,9H,3-4,7,14H2,1H3,(H,15,16). The number of carbonyl (C=O) groups is 2. The first-order chi connectivity index (χ1) is 9.58. The normalized spacial score (nSPS) is 11.4. The molecule has 20 heavy (non-hydrogen) atoms. The Kier molecular flexibility index (Phi) is 7.08. The van der Waals surface area contributed by atoms with Crippen LogP contribution in [0, 0.1) is 11.3 Å². The van der Waals surface area contributed by atoms with Gasteiger partial charge in [-0.1, -0.05) is 0 Å². The molecule has 0 bridgehead atoms. The van der Waals surface area contributed by atoms with E-state index in [1.807, 2.05) is 6.07 Å². The molecule has 0 aromatic carbocycles. The summed E-state index contributed by atoms with van der Waals surface area (Å²) in [6.45, 7) is 0. The van der Waals surface area contributed by atoms with Crippen LogP contribution in [0.15, 0.2) is 11.4 Å². The number of nitriles is 1. The Morgan fingerprint density at radius 1 is 1.65 bits per heavy atom. The number of amides is 1. The molecule has 108 valence electrons. The zero-order valence-electron chi connectivity index (χ0n) is 10.9. The molecule has 0 radical (unpaired) electrons. The third-order valence-corrected chi connectivity index (χ3v) is 4.17. The first kappa shape index (κ1) is 16.5. The minimum absolute atomic E-state index is 0.180. The topological polar surface area (TPSA) is 105 Å². The number of hydrogen-bond donors (Lipinski definition) is 2. The maximum absolute atomic E-state index is 11.7. The van der Waals surface area contributed by atoms with Gasteiger partial charge < -0.3 is 15.8 Å². The summed E-state index contributed by atoms with van der Waals surface area (Å²) in [5.74, 6) is 0.198. The number of anilines is 1. The van der Waals surface area contributed by atoms with Gasteiger partial charge in [0.15, 0.2) is 0 Å². The second kappa shape index (κ2) is 8.58. The minimum atomic E-state index is -0.655. The predicted octanol–water partition coefficient (Wildman–Crippen LogP) is 1.18. The third-order valence-electron chi connectivity index (χ3n) is 2.35. The van der Waals surface area contributed by atoms with Crippen LogP contribution in [0.3, 0.4) is 0 Å². The molecule has 3 N–H and O–H groups in total. The van der Waals surface area contributed by atoms with E-state index in [1.165, 1.54) is 30.2 Å². The molecule has 0 saturated carbocycles. The number of carbonyl (C=O) groups excluding carboxylic acids is 2. The number of rotatable bonds is 7. The van der Waals surface area contributed by atoms with E-state index in [-0.39, 0.29) is 11.7 Å². The largest absolute Gasteiger partial charge is 0.468 e. The summed E-state index contributed by atoms with van der Waals surface area (Å²) in [4.78, 5) is 22.7. The third kappa shape index (κ3) is 5.21. The summed E-state index contributed by atoms with van der Waals surface area (Å²) in [7, 11) is 1.29. The van der Waals surface area contributed by atoms with Gasteiger partial charge in [-0.05, 0) is 23.6 Å². The highest BCUT2D eigenvalue weighted by Gasteiger charge is 2.13. The lowest BCUT2D eigenvalue weighted by atomic mass is 10.2. The molecule has 0 aliphatic carbocycles. The van der Waals surface area contributed by atoms with Gasteiger partial charge in [0.1, 0.15) is 17.1 Å². The Morgan fingerprint density at radius 2 is 2.40 bits per heavy atom. The Balaban J connectivity index is 2.24. The SMILES string of the molecule is COC(=O)C(N)CCSCC(=O)Nc1sccc1C#N. The van der Waals surface area contributed by atoms with Crippen LogP contribution in [0.1, 0.15) is 12.0 Å². The van der Waals surface area contributed by atoms with Crippen molar-refractivity contribution in [2.75, 3.05) is 23.9 Å². The van der Waals surface area contributed by atoms with Crippen LogP contribution >= 0.6 is 23.1 Å². The highest BCUT2D eigenvalue weighted by molar-refractivity contribution is 7.99. The van der Waals surface area contributed by atoms with Crippen LogP contribution in [-0.4, -0.2) is 36.5 Å². The van der Waals surface area contributed by atoms with Gasteiger partial charge in [-0.3, -0.25) is 9.59 Å². The number of thiophene rings is 1. The van der Waals surface area contributed by atoms with Crippen molar-refractivity contribution in [3.05, 3.63) is 17.0 Å². The average molecular weight is 313 g/mol. The molecule has 0 aliphatic heterocycles. The van der Waals surface area contributed by atoms with Gasteiger partial charge in [-0.25, -0.2) is 0 Å². The lowest BCUT2D eigenvalue weighted by Gasteiger charge is -2.08. The van der Waals surface area contributed by atoms with Crippen molar-refractivity contribution in [2.24, 2.45) is 5.73 Å². The number of methoxy groups -OCH3 is 1. The van der Waals surface area contributed by atoms with Gasteiger partial charge in [0.05, 0.1) is 18.4 Å². The molecule has 0 fully saturated rings. The number of ether oxygens (including phenoxy) is 1. The molecule has 8 heteroatoms. The predicted molar refractivity (Wildman–Crippen MR) is 79.6 cm³/mol. The fraction of sp³-hybridized carbons (Fsp3) is 0.417. The van der Waals surface area contributed by atoms with Gasteiger partial charge >= 0.3 is 5.97 Å². The average Bonchev–Trinajstić information content (AvgIpc) is 2.89. The number of thioether (sulfide) groups is 1. The van der Waals surface area contributed by atoms with E-state index in [0.29, 0.717) is 22.7 Å². The van der Waals surface area contributed by atoms with Gasteiger partial charge in [-0.2, -0.15) is 17.0 Å². The van der Waals surface area contributed by atoms with Crippen LogP contribution in [0.5, 0.6) is 0 Å². The molecule has 1 rings (SSSR count). The Hall–Kier alpha value is -1.56. The van der Waals surface area contributed by atoms with E-state index in [1.54, 1.807) is 11.4 Å². The zero-order valence-corrected chi connectivity index (χ0v) is 12.6. The molecule has 6 nitrogen and oxygen atoms in total. The number of nitrogens with two attached hydrogens (primary N) is 1. The molecule has 0 saturated heterocycles. The van der Waals surface area contributed by atoms with Crippen molar-refractivity contribution >= 4 is 40.0 Å². The smallest absolute Gasteiger partial charge is 0.322 e. The van der Waals surface area contributed by atoms with E-state index in [4.69, 9.17) is 11.0 Å². The molecule has 1 aromatic heterocycles. The minimum Gasteiger partial charge on any atom is -0.468 e. The first-order valence-electron chi connectivity index (χ1n) is 5.77. The molecule has 1 atom stereocenters. The summed E-state index contributed by atoms with van der Waals surface area (Å²) in [5.41, 5.74) is 6.03. The summed E-state index contributed by atoms with van der Waals surface area (Å²) >= 11 is 2.68. The van der Waals surface area contributed by atoms with E-state index in [2.05, 4.69) is 10.1 Å². The van der Waals surface area contributed by atoms with E-state index >= 15 is 0 Å². The summed E-state index contributed by atoms with van der Waals surface area (Å²) < 4.78 is 4.50. The van der Waals surface area contributed by atoms with Gasteiger partial charge in [0.25, 0.3) is 0 Å². The van der Waals surface area contributed by atoms with Crippen LogP contribution in [0.25, 0.3) is 0 Å². The van der Waals surface area contributed by atoms with Crippen LogP contribution in [0.4, 0.5) is 5.00 Å². The summed E-state index contributed by atoms with van der Waals surface area (Å²) in [5, 5.41) is 13.8. The van der Waals surface area contributed by atoms with Gasteiger partial charge in [0, 0.05) is 0 Å². The molecule has 1 amide bonds. The molecule has 0 spiro atoms. The van der Waals surface area contributed by atoms with E-state index in [9.17, 15) is 9.59 Å². The number of esters is 1. The van der Waals surface area contributed by atoms with Crippen molar-refractivity contribution < 1.29 is 14.3 Å². The molecular formula is C12H15N3O3S2. The Bertz CT molecular complexity index is 510. The fourth-order valence-electron chi connectivity index (χ4n) is 1.30. The first-order valence-corrected chi connectivity index (χ1v) is 7.80. The van der Waals surface area contributed by atoms with Crippen LogP contribution < -0.4 is 11.1 Å². The Morgan fingerprint density at radius 3 is 3.05 bits per heavy atom. The number of nitrogens with one attached hydrogen (secondary N) is 1. The highest BCUT2D eigenvalue weighted by atomic mass is 32.2. The van der Waals surface area contributed by atoms with Gasteiger partial charge in [-0.15, -0.1) is 11.3 Å². The lowest BCUT2D eigenvalue weighted by Crippen LogP contribution is -2.32. The second-order valence-electron chi connectivity index (χ2n) is 3.79. The summed E-state index contributed by atoms with van der Waals surface area (Å²) in [6.07, 6.45) is 0.451. The monoisotopic (exact) mass is 313 g/mol. The maximum Gasteiger partial charge on any atom is 0.322 e. The van der Waals surface area contributed by atoms with Gasteiger partial charge in [0.2, 0.25) is 5.91 Å². The quantitative estimate of drug-likeness (QED) is 0.578. The van der Waals surface area contributed by atoms with Crippen molar-refractivity contribution in [3.63, 3.8) is 0 Å². The summed E-state index contributed by atoms with van der Waals surface area (Å²) in [6, 6.07) is 3.00. The maximum atomic E-state index is 11.7. The number of hydrogen-bond acceptors (Lipinski definition) is 7. The van der Waals surface area contributed by atoms with E-state index in [0.717, 1.165) is 0 Å². The van der Waals surface area contributed by atoms with Crippen LogP contribution in [0.2, 0.25) is 0 Å². The fourth-order valence-corrected chi connectivity index (χ4v) is 2.88.